The summed E-state index contributed by atoms with van der Waals surface area (Å²) in [6.45, 7) is 5.94. The van der Waals surface area contributed by atoms with Gasteiger partial charge in [0.1, 0.15) is 0 Å². The monoisotopic (exact) mass is 439 g/mol. The Bertz CT molecular complexity index is 1450. The molecule has 2 N–H and O–H groups in total. The van der Waals surface area contributed by atoms with Gasteiger partial charge in [0.05, 0.1) is 17.4 Å². The highest BCUT2D eigenvalue weighted by Gasteiger charge is 2.15. The maximum atomic E-state index is 12.6. The van der Waals surface area contributed by atoms with Crippen molar-refractivity contribution in [2.75, 3.05) is 18.5 Å². The summed E-state index contributed by atoms with van der Waals surface area (Å²) in [6.07, 6.45) is 2.49. The average Bonchev–Trinajstić information content (AvgIpc) is 3.44. The fourth-order valence-corrected chi connectivity index (χ4v) is 4.62. The number of anilines is 1. The van der Waals surface area contributed by atoms with Crippen molar-refractivity contribution in [1.82, 2.24) is 19.9 Å². The van der Waals surface area contributed by atoms with E-state index in [0.29, 0.717) is 12.1 Å². The van der Waals surface area contributed by atoms with Gasteiger partial charge in [-0.1, -0.05) is 18.2 Å². The maximum Gasteiger partial charge on any atom is 0.251 e. The summed E-state index contributed by atoms with van der Waals surface area (Å²) in [7, 11) is 2.12. The van der Waals surface area contributed by atoms with Crippen molar-refractivity contribution >= 4 is 44.4 Å². The number of H-pyrrole nitrogens is 1. The molecule has 0 saturated heterocycles. The molecule has 0 aliphatic rings. The second-order valence-electron chi connectivity index (χ2n) is 8.60. The van der Waals surface area contributed by atoms with Gasteiger partial charge in [0, 0.05) is 59.2 Å². The standard InChI is InChI=1S/C27H29N5O/c1-4-32-25-8-6-5-7-21(25)22-16-20(10-12-26(22)32)31(3)18(2)13-14-28-27(33)19-9-11-23-24(15-19)30-17-29-23/h5-12,15-18H,4,13-14H2,1-3H3,(H,28,33)(H,29,30). The molecule has 0 bridgehead atoms. The first-order chi connectivity index (χ1) is 16.1. The number of benzene rings is 3. The van der Waals surface area contributed by atoms with Crippen molar-refractivity contribution in [2.45, 2.75) is 32.9 Å². The van der Waals surface area contributed by atoms with E-state index in [4.69, 9.17) is 0 Å². The number of hydrogen-bond acceptors (Lipinski definition) is 3. The number of carbonyl (C=O) groups is 1. The zero-order chi connectivity index (χ0) is 22.9. The predicted molar refractivity (Wildman–Crippen MR) is 136 cm³/mol. The highest BCUT2D eigenvalue weighted by atomic mass is 16.1. The van der Waals surface area contributed by atoms with Gasteiger partial charge in [0.15, 0.2) is 0 Å². The summed E-state index contributed by atoms with van der Waals surface area (Å²) in [5.41, 5.74) is 6.09. The number of amides is 1. The maximum absolute atomic E-state index is 12.6. The highest BCUT2D eigenvalue weighted by molar-refractivity contribution is 6.09. The number of nitrogens with zero attached hydrogens (tertiary/aromatic N) is 3. The van der Waals surface area contributed by atoms with Crippen LogP contribution >= 0.6 is 0 Å². The number of rotatable bonds is 7. The van der Waals surface area contributed by atoms with Gasteiger partial charge in [0.2, 0.25) is 0 Å². The molecule has 33 heavy (non-hydrogen) atoms. The summed E-state index contributed by atoms with van der Waals surface area (Å²) in [5, 5.41) is 5.62. The minimum atomic E-state index is -0.0662. The van der Waals surface area contributed by atoms with Gasteiger partial charge in [-0.15, -0.1) is 0 Å². The lowest BCUT2D eigenvalue weighted by atomic mass is 10.1. The molecular weight excluding hydrogens is 410 g/mol. The van der Waals surface area contributed by atoms with Gasteiger partial charge in [-0.2, -0.15) is 0 Å². The molecule has 6 nitrogen and oxygen atoms in total. The number of nitrogens with one attached hydrogen (secondary N) is 2. The lowest BCUT2D eigenvalue weighted by molar-refractivity contribution is 0.0953. The molecule has 0 fully saturated rings. The third kappa shape index (κ3) is 3.82. The molecule has 6 heteroatoms. The number of aromatic nitrogens is 3. The minimum Gasteiger partial charge on any atom is -0.372 e. The van der Waals surface area contributed by atoms with Gasteiger partial charge >= 0.3 is 0 Å². The summed E-state index contributed by atoms with van der Waals surface area (Å²) < 4.78 is 2.37. The Hall–Kier alpha value is -3.80. The van der Waals surface area contributed by atoms with Crippen molar-refractivity contribution in [3.8, 4) is 0 Å². The van der Waals surface area contributed by atoms with Gasteiger partial charge in [-0.3, -0.25) is 4.79 Å². The topological polar surface area (TPSA) is 65.9 Å². The molecule has 2 aromatic heterocycles. The predicted octanol–water partition coefficient (Wildman–Crippen LogP) is 5.34. The minimum absolute atomic E-state index is 0.0662. The third-order valence-electron chi connectivity index (χ3n) is 6.67. The Balaban J connectivity index is 1.27. The first kappa shape index (κ1) is 21.1. The van der Waals surface area contributed by atoms with Crippen molar-refractivity contribution in [3.05, 3.63) is 72.6 Å². The van der Waals surface area contributed by atoms with Crippen LogP contribution in [0.1, 0.15) is 30.6 Å². The van der Waals surface area contributed by atoms with E-state index >= 15 is 0 Å². The molecule has 0 radical (unpaired) electrons. The van der Waals surface area contributed by atoms with Crippen LogP contribution in [0.4, 0.5) is 5.69 Å². The molecule has 0 saturated carbocycles. The Labute approximate surface area is 193 Å². The zero-order valence-electron chi connectivity index (χ0n) is 19.3. The summed E-state index contributed by atoms with van der Waals surface area (Å²) in [5.74, 6) is -0.0662. The first-order valence-corrected chi connectivity index (χ1v) is 11.5. The Morgan fingerprint density at radius 2 is 1.91 bits per heavy atom. The number of aryl methyl sites for hydroxylation is 1. The molecule has 1 amide bonds. The molecule has 0 aliphatic carbocycles. The average molecular weight is 440 g/mol. The summed E-state index contributed by atoms with van der Waals surface area (Å²) in [6, 6.07) is 21.1. The van der Waals surface area contributed by atoms with Crippen LogP contribution in [0.3, 0.4) is 0 Å². The molecular formula is C27H29N5O. The quantitative estimate of drug-likeness (QED) is 0.360. The van der Waals surface area contributed by atoms with Crippen molar-refractivity contribution in [2.24, 2.45) is 0 Å². The number of para-hydroxylation sites is 1. The van der Waals surface area contributed by atoms with Gasteiger partial charge in [0.25, 0.3) is 5.91 Å². The van der Waals surface area contributed by atoms with Crippen LogP contribution < -0.4 is 10.2 Å². The SMILES string of the molecule is CCn1c2ccccc2c2cc(N(C)C(C)CCNC(=O)c3ccc4[nH]cnc4c3)ccc21. The zero-order valence-corrected chi connectivity index (χ0v) is 19.3. The second kappa shape index (κ2) is 8.62. The molecule has 2 heterocycles. The fraction of sp³-hybridized carbons (Fsp3) is 0.259. The summed E-state index contributed by atoms with van der Waals surface area (Å²) >= 11 is 0. The van der Waals surface area contributed by atoms with Crippen molar-refractivity contribution in [3.63, 3.8) is 0 Å². The lowest BCUT2D eigenvalue weighted by Crippen LogP contribution is -2.34. The van der Waals surface area contributed by atoms with Gasteiger partial charge in [-0.25, -0.2) is 4.98 Å². The number of aromatic amines is 1. The van der Waals surface area contributed by atoms with Gasteiger partial charge < -0.3 is 19.8 Å². The molecule has 1 atom stereocenters. The molecule has 3 aromatic carbocycles. The van der Waals surface area contributed by atoms with Crippen LogP contribution in [-0.4, -0.2) is 40.1 Å². The lowest BCUT2D eigenvalue weighted by Gasteiger charge is -2.27. The van der Waals surface area contributed by atoms with Crippen molar-refractivity contribution < 1.29 is 4.79 Å². The Morgan fingerprint density at radius 3 is 2.76 bits per heavy atom. The van der Waals surface area contributed by atoms with Gasteiger partial charge in [-0.05, 0) is 62.7 Å². The number of carbonyl (C=O) groups excluding carboxylic acids is 1. The molecule has 0 spiro atoms. The second-order valence-corrected chi connectivity index (χ2v) is 8.60. The van der Waals surface area contributed by atoms with Crippen molar-refractivity contribution in [1.29, 1.82) is 0 Å². The van der Waals surface area contributed by atoms with Crippen LogP contribution in [-0.2, 0) is 6.54 Å². The fourth-order valence-electron chi connectivity index (χ4n) is 4.62. The van der Waals surface area contributed by atoms with E-state index in [0.717, 1.165) is 24.0 Å². The molecule has 5 aromatic rings. The van der Waals surface area contributed by atoms with E-state index in [2.05, 4.69) is 88.1 Å². The van der Waals surface area contributed by atoms with E-state index < -0.39 is 0 Å². The molecule has 0 aliphatic heterocycles. The summed E-state index contributed by atoms with van der Waals surface area (Å²) in [4.78, 5) is 22.1. The molecule has 1 unspecified atom stereocenters. The third-order valence-corrected chi connectivity index (χ3v) is 6.67. The molecule has 168 valence electrons. The number of imidazole rings is 1. The van der Waals surface area contributed by atoms with E-state index in [1.54, 1.807) is 6.33 Å². The van der Waals surface area contributed by atoms with Crippen LogP contribution in [0.25, 0.3) is 32.8 Å². The van der Waals surface area contributed by atoms with Crippen LogP contribution in [0.2, 0.25) is 0 Å². The van der Waals surface area contributed by atoms with E-state index in [1.807, 2.05) is 18.2 Å². The van der Waals surface area contributed by atoms with E-state index in [-0.39, 0.29) is 11.9 Å². The first-order valence-electron chi connectivity index (χ1n) is 11.5. The normalized spacial score (nSPS) is 12.5. The molecule has 5 rings (SSSR count). The number of fused-ring (bicyclic) bond motifs is 4. The van der Waals surface area contributed by atoms with Crippen LogP contribution in [0, 0.1) is 0 Å². The number of hydrogen-bond donors (Lipinski definition) is 2. The highest BCUT2D eigenvalue weighted by Crippen LogP contribution is 2.32. The van der Waals surface area contributed by atoms with E-state index in [9.17, 15) is 4.79 Å². The smallest absolute Gasteiger partial charge is 0.251 e. The van der Waals surface area contributed by atoms with Crippen LogP contribution in [0.5, 0.6) is 0 Å². The van der Waals surface area contributed by atoms with Crippen LogP contribution in [0.15, 0.2) is 67.0 Å². The largest absolute Gasteiger partial charge is 0.372 e. The van der Waals surface area contributed by atoms with E-state index in [1.165, 1.54) is 27.5 Å². The Kier molecular flexibility index (Phi) is 5.50. The Morgan fingerprint density at radius 1 is 1.09 bits per heavy atom.